The van der Waals surface area contributed by atoms with E-state index < -0.39 is 0 Å². The van der Waals surface area contributed by atoms with E-state index in [0.29, 0.717) is 0 Å². The van der Waals surface area contributed by atoms with Gasteiger partial charge in [-0.05, 0) is 43.2 Å². The molecule has 1 unspecified atom stereocenters. The van der Waals surface area contributed by atoms with Gasteiger partial charge >= 0.3 is 0 Å². The fraction of sp³-hybridized carbons (Fsp3) is 0.500. The Balaban J connectivity index is 1.77. The minimum atomic E-state index is -0.00734. The lowest BCUT2D eigenvalue weighted by Gasteiger charge is -2.18. The van der Waals surface area contributed by atoms with Crippen LogP contribution in [0.25, 0.3) is 0 Å². The highest BCUT2D eigenvalue weighted by Crippen LogP contribution is 2.22. The van der Waals surface area contributed by atoms with Crippen molar-refractivity contribution in [1.29, 1.82) is 0 Å². The number of amides is 1. The Morgan fingerprint density at radius 2 is 2.39 bits per heavy atom. The molecule has 0 bridgehead atoms. The van der Waals surface area contributed by atoms with E-state index in [9.17, 15) is 4.79 Å². The molecule has 0 aromatic carbocycles. The van der Waals surface area contributed by atoms with Crippen LogP contribution >= 0.6 is 11.3 Å². The van der Waals surface area contributed by atoms with E-state index in [1.54, 1.807) is 18.3 Å². The molecule has 98 valence electrons. The second-order valence-electron chi connectivity index (χ2n) is 4.72. The van der Waals surface area contributed by atoms with Crippen LogP contribution in [0.2, 0.25) is 0 Å². The van der Waals surface area contributed by atoms with Gasteiger partial charge in [0.25, 0.3) is 0 Å². The summed E-state index contributed by atoms with van der Waals surface area (Å²) in [6.45, 7) is 3.44. The molecule has 1 aliphatic carbocycles. The van der Waals surface area contributed by atoms with Crippen LogP contribution in [0.3, 0.4) is 0 Å². The molecule has 1 aliphatic rings. The number of allylic oxidation sites excluding steroid dienone is 2. The first kappa shape index (κ1) is 13.3. The molecule has 3 nitrogen and oxygen atoms in total. The normalized spacial score (nSPS) is 18.8. The van der Waals surface area contributed by atoms with E-state index in [4.69, 9.17) is 0 Å². The first-order valence-corrected chi connectivity index (χ1v) is 7.33. The van der Waals surface area contributed by atoms with Crippen LogP contribution in [-0.4, -0.2) is 12.5 Å². The molecule has 0 fully saturated rings. The average Bonchev–Trinajstić information content (AvgIpc) is 2.77. The molecule has 1 atom stereocenters. The summed E-state index contributed by atoms with van der Waals surface area (Å²) in [5.74, 6) is 0.756. The molecule has 2 rings (SSSR count). The first-order chi connectivity index (χ1) is 8.75. The van der Waals surface area contributed by atoms with Crippen molar-refractivity contribution in [3.63, 3.8) is 0 Å². The Kier molecular flexibility index (Phi) is 4.96. The van der Waals surface area contributed by atoms with Gasteiger partial charge in [-0.3, -0.25) is 4.79 Å². The van der Waals surface area contributed by atoms with Crippen LogP contribution in [0.4, 0.5) is 5.69 Å². The molecule has 0 spiro atoms. The van der Waals surface area contributed by atoms with Crippen molar-refractivity contribution in [1.82, 2.24) is 5.32 Å². The fourth-order valence-electron chi connectivity index (χ4n) is 2.21. The zero-order valence-electron chi connectivity index (χ0n) is 10.7. The van der Waals surface area contributed by atoms with Crippen LogP contribution in [0.15, 0.2) is 23.6 Å². The van der Waals surface area contributed by atoms with Crippen LogP contribution in [0, 0.1) is 5.92 Å². The molecule has 2 N–H and O–H groups in total. The SMILES string of the molecule is CC(=O)Nc1ccsc1CNCC1CC=CCC1. The van der Waals surface area contributed by atoms with Crippen molar-refractivity contribution < 1.29 is 4.79 Å². The Bertz CT molecular complexity index is 425. The van der Waals surface area contributed by atoms with Crippen molar-refractivity contribution in [2.24, 2.45) is 5.92 Å². The molecule has 18 heavy (non-hydrogen) atoms. The monoisotopic (exact) mass is 264 g/mol. The third kappa shape index (κ3) is 3.96. The van der Waals surface area contributed by atoms with Gasteiger partial charge in [0.2, 0.25) is 5.91 Å². The van der Waals surface area contributed by atoms with E-state index in [2.05, 4.69) is 22.8 Å². The lowest BCUT2D eigenvalue weighted by Crippen LogP contribution is -2.23. The summed E-state index contributed by atoms with van der Waals surface area (Å²) in [5.41, 5.74) is 0.948. The number of nitrogens with one attached hydrogen (secondary N) is 2. The van der Waals surface area contributed by atoms with Gasteiger partial charge in [-0.2, -0.15) is 0 Å². The maximum atomic E-state index is 11.0. The van der Waals surface area contributed by atoms with Gasteiger partial charge < -0.3 is 10.6 Å². The molecule has 0 aliphatic heterocycles. The number of thiophene rings is 1. The minimum Gasteiger partial charge on any atom is -0.325 e. The molecule has 1 heterocycles. The van der Waals surface area contributed by atoms with Crippen molar-refractivity contribution >= 4 is 22.9 Å². The van der Waals surface area contributed by atoms with Crippen LogP contribution in [0.1, 0.15) is 31.1 Å². The van der Waals surface area contributed by atoms with E-state index in [1.165, 1.54) is 24.1 Å². The third-order valence-corrected chi connectivity index (χ3v) is 4.07. The Labute approximate surface area is 112 Å². The Morgan fingerprint density at radius 1 is 1.50 bits per heavy atom. The molecule has 4 heteroatoms. The maximum absolute atomic E-state index is 11.0. The standard InChI is InChI=1S/C14H20N2OS/c1-11(17)16-13-7-8-18-14(13)10-15-9-12-5-3-2-4-6-12/h2-3,7-8,12,15H,4-6,9-10H2,1H3,(H,16,17). The molecular formula is C14H20N2OS. The summed E-state index contributed by atoms with van der Waals surface area (Å²) in [7, 11) is 0. The smallest absolute Gasteiger partial charge is 0.221 e. The Morgan fingerprint density at radius 3 is 3.11 bits per heavy atom. The molecule has 0 saturated heterocycles. The summed E-state index contributed by atoms with van der Waals surface area (Å²) >= 11 is 1.69. The number of hydrogen-bond donors (Lipinski definition) is 2. The van der Waals surface area contributed by atoms with Gasteiger partial charge in [-0.1, -0.05) is 12.2 Å². The Hall–Kier alpha value is -1.13. The van der Waals surface area contributed by atoms with Gasteiger partial charge in [0.15, 0.2) is 0 Å². The zero-order chi connectivity index (χ0) is 12.8. The van der Waals surface area contributed by atoms with Gasteiger partial charge in [-0.25, -0.2) is 0 Å². The number of carbonyl (C=O) groups is 1. The summed E-state index contributed by atoms with van der Waals surface area (Å²) in [6.07, 6.45) is 8.24. The van der Waals surface area contributed by atoms with Crippen molar-refractivity contribution in [3.8, 4) is 0 Å². The van der Waals surface area contributed by atoms with E-state index in [-0.39, 0.29) is 5.91 Å². The third-order valence-electron chi connectivity index (χ3n) is 3.15. The highest BCUT2D eigenvalue weighted by Gasteiger charge is 2.10. The number of anilines is 1. The van der Waals surface area contributed by atoms with Crippen LogP contribution in [0.5, 0.6) is 0 Å². The van der Waals surface area contributed by atoms with Gasteiger partial charge in [-0.15, -0.1) is 11.3 Å². The van der Waals surface area contributed by atoms with Gasteiger partial charge in [0, 0.05) is 18.3 Å². The van der Waals surface area contributed by atoms with Gasteiger partial charge in [0.05, 0.1) is 5.69 Å². The second-order valence-corrected chi connectivity index (χ2v) is 5.72. The predicted octanol–water partition coefficient (Wildman–Crippen LogP) is 3.15. The topological polar surface area (TPSA) is 41.1 Å². The van der Waals surface area contributed by atoms with E-state index in [0.717, 1.165) is 24.7 Å². The van der Waals surface area contributed by atoms with Crippen molar-refractivity contribution in [2.75, 3.05) is 11.9 Å². The average molecular weight is 264 g/mol. The van der Waals surface area contributed by atoms with E-state index in [1.807, 2.05) is 11.4 Å². The predicted molar refractivity (Wildman–Crippen MR) is 76.8 cm³/mol. The fourth-order valence-corrected chi connectivity index (χ4v) is 3.01. The summed E-state index contributed by atoms with van der Waals surface area (Å²) < 4.78 is 0. The molecule has 0 radical (unpaired) electrons. The minimum absolute atomic E-state index is 0.00734. The maximum Gasteiger partial charge on any atom is 0.221 e. The van der Waals surface area contributed by atoms with Gasteiger partial charge in [0.1, 0.15) is 0 Å². The second kappa shape index (κ2) is 6.71. The quantitative estimate of drug-likeness (QED) is 0.802. The van der Waals surface area contributed by atoms with E-state index >= 15 is 0 Å². The molecule has 0 saturated carbocycles. The lowest BCUT2D eigenvalue weighted by atomic mass is 9.94. The number of hydrogen-bond acceptors (Lipinski definition) is 3. The van der Waals surface area contributed by atoms with Crippen LogP contribution in [-0.2, 0) is 11.3 Å². The number of rotatable bonds is 5. The summed E-state index contributed by atoms with van der Waals surface area (Å²) in [5, 5.41) is 8.38. The first-order valence-electron chi connectivity index (χ1n) is 6.45. The van der Waals surface area contributed by atoms with Crippen molar-refractivity contribution in [3.05, 3.63) is 28.5 Å². The lowest BCUT2D eigenvalue weighted by molar-refractivity contribution is -0.114. The molecule has 1 amide bonds. The zero-order valence-corrected chi connectivity index (χ0v) is 11.6. The molecule has 1 aromatic rings. The summed E-state index contributed by atoms with van der Waals surface area (Å²) in [4.78, 5) is 12.3. The molecule has 1 aromatic heterocycles. The highest BCUT2D eigenvalue weighted by atomic mass is 32.1. The summed E-state index contributed by atoms with van der Waals surface area (Å²) in [6, 6.07) is 1.96. The van der Waals surface area contributed by atoms with Crippen molar-refractivity contribution in [2.45, 2.75) is 32.7 Å². The number of carbonyl (C=O) groups excluding carboxylic acids is 1. The largest absolute Gasteiger partial charge is 0.325 e. The highest BCUT2D eigenvalue weighted by molar-refractivity contribution is 7.10. The molecular weight excluding hydrogens is 244 g/mol. The van der Waals surface area contributed by atoms with Crippen LogP contribution < -0.4 is 10.6 Å².